The fraction of sp³-hybridized carbons (Fsp3) is 0.579. The quantitative estimate of drug-likeness (QED) is 0.823. The fourth-order valence-corrected chi connectivity index (χ4v) is 2.54. The topological polar surface area (TPSA) is 23.5 Å². The van der Waals surface area contributed by atoms with Crippen LogP contribution in [0.4, 0.5) is 5.69 Å². The molecule has 1 atom stereocenters. The maximum atomic E-state index is 9.90. The third-order valence-corrected chi connectivity index (χ3v) is 3.61. The van der Waals surface area contributed by atoms with E-state index in [1.54, 1.807) is 0 Å². The Morgan fingerprint density at radius 1 is 1.29 bits per heavy atom. The zero-order valence-electron chi connectivity index (χ0n) is 14.3. The predicted molar refractivity (Wildman–Crippen MR) is 91.7 cm³/mol. The van der Waals surface area contributed by atoms with Gasteiger partial charge in [0.1, 0.15) is 6.10 Å². The van der Waals surface area contributed by atoms with Gasteiger partial charge >= 0.3 is 0 Å². The molecule has 2 heteroatoms. The fourth-order valence-electron chi connectivity index (χ4n) is 2.54. The van der Waals surface area contributed by atoms with E-state index in [1.165, 1.54) is 11.3 Å². The van der Waals surface area contributed by atoms with Crippen molar-refractivity contribution in [3.05, 3.63) is 29.3 Å². The summed E-state index contributed by atoms with van der Waals surface area (Å²) in [5, 5.41) is 9.90. The molecule has 0 bridgehead atoms. The molecule has 0 saturated carbocycles. The highest BCUT2D eigenvalue weighted by Crippen LogP contribution is 2.34. The van der Waals surface area contributed by atoms with Crippen molar-refractivity contribution in [3.63, 3.8) is 0 Å². The van der Waals surface area contributed by atoms with Gasteiger partial charge in [-0.15, -0.1) is 6.42 Å². The number of hydrogen-bond acceptors (Lipinski definition) is 2. The van der Waals surface area contributed by atoms with Crippen LogP contribution in [-0.2, 0) is 5.41 Å². The summed E-state index contributed by atoms with van der Waals surface area (Å²) in [4.78, 5) is 2.40. The van der Waals surface area contributed by atoms with Gasteiger partial charge in [0.05, 0.1) is 0 Å². The van der Waals surface area contributed by atoms with E-state index in [-0.39, 0.29) is 5.41 Å². The van der Waals surface area contributed by atoms with Gasteiger partial charge in [-0.05, 0) is 41.5 Å². The Hall–Kier alpha value is -1.46. The number of benzene rings is 1. The molecular formula is C19H29NO. The van der Waals surface area contributed by atoms with Crippen LogP contribution < -0.4 is 4.90 Å². The normalized spacial score (nSPS) is 13.1. The first kappa shape index (κ1) is 17.6. The lowest BCUT2D eigenvalue weighted by Gasteiger charge is -2.32. The standard InChI is InChI=1S/C19H29NO/c1-8-18(21)15-10-11-17(16(12-15)19(5,6)7)20(9-2)13-14(3)4/h1,10-12,14,18,21H,9,13H2,2-7H3. The van der Waals surface area contributed by atoms with Crippen LogP contribution in [0, 0.1) is 18.3 Å². The number of terminal acetylenes is 1. The van der Waals surface area contributed by atoms with Crippen LogP contribution in [0.3, 0.4) is 0 Å². The van der Waals surface area contributed by atoms with Crippen molar-refractivity contribution in [2.45, 2.75) is 53.1 Å². The van der Waals surface area contributed by atoms with E-state index in [4.69, 9.17) is 6.42 Å². The van der Waals surface area contributed by atoms with Crippen LogP contribution in [0.1, 0.15) is 58.8 Å². The number of hydrogen-bond donors (Lipinski definition) is 1. The molecule has 0 fully saturated rings. The first-order valence-electron chi connectivity index (χ1n) is 7.74. The summed E-state index contributed by atoms with van der Waals surface area (Å²) in [5.41, 5.74) is 3.28. The molecule has 0 heterocycles. The monoisotopic (exact) mass is 287 g/mol. The van der Waals surface area contributed by atoms with Gasteiger partial charge in [-0.1, -0.05) is 46.6 Å². The minimum atomic E-state index is -0.833. The summed E-state index contributed by atoms with van der Waals surface area (Å²) in [6, 6.07) is 6.10. The van der Waals surface area contributed by atoms with Crippen LogP contribution in [0.25, 0.3) is 0 Å². The van der Waals surface area contributed by atoms with Gasteiger partial charge in [0, 0.05) is 18.8 Å². The summed E-state index contributed by atoms with van der Waals surface area (Å²) >= 11 is 0. The lowest BCUT2D eigenvalue weighted by atomic mass is 9.83. The van der Waals surface area contributed by atoms with E-state index in [2.05, 4.69) is 64.5 Å². The molecule has 1 aromatic rings. The second-order valence-electron chi connectivity index (χ2n) is 7.03. The number of rotatable bonds is 5. The van der Waals surface area contributed by atoms with E-state index >= 15 is 0 Å². The number of aliphatic hydroxyl groups is 1. The SMILES string of the molecule is C#CC(O)c1ccc(N(CC)CC(C)C)c(C(C)(C)C)c1. The van der Waals surface area contributed by atoms with Crippen LogP contribution >= 0.6 is 0 Å². The second-order valence-corrected chi connectivity index (χ2v) is 7.03. The molecule has 1 unspecified atom stereocenters. The van der Waals surface area contributed by atoms with Gasteiger partial charge in [0.25, 0.3) is 0 Å². The average molecular weight is 287 g/mol. The molecule has 1 N–H and O–H groups in total. The Morgan fingerprint density at radius 2 is 1.90 bits per heavy atom. The van der Waals surface area contributed by atoms with Crippen molar-refractivity contribution in [3.8, 4) is 12.3 Å². The summed E-state index contributed by atoms with van der Waals surface area (Å²) < 4.78 is 0. The summed E-state index contributed by atoms with van der Waals surface area (Å²) in [6.07, 6.45) is 4.51. The molecule has 0 spiro atoms. The summed E-state index contributed by atoms with van der Waals surface area (Å²) in [7, 11) is 0. The highest BCUT2D eigenvalue weighted by atomic mass is 16.3. The van der Waals surface area contributed by atoms with Gasteiger partial charge in [-0.3, -0.25) is 0 Å². The van der Waals surface area contributed by atoms with E-state index in [0.29, 0.717) is 5.92 Å². The maximum Gasteiger partial charge on any atom is 0.139 e. The molecular weight excluding hydrogens is 258 g/mol. The molecule has 0 saturated heterocycles. The molecule has 116 valence electrons. The highest BCUT2D eigenvalue weighted by Gasteiger charge is 2.22. The van der Waals surface area contributed by atoms with Gasteiger partial charge in [-0.25, -0.2) is 0 Å². The summed E-state index contributed by atoms with van der Waals surface area (Å²) in [5.74, 6) is 3.00. The molecule has 0 aliphatic carbocycles. The first-order valence-corrected chi connectivity index (χ1v) is 7.74. The number of nitrogens with zero attached hydrogens (tertiary/aromatic N) is 1. The Morgan fingerprint density at radius 3 is 2.33 bits per heavy atom. The van der Waals surface area contributed by atoms with Crippen LogP contribution in [-0.4, -0.2) is 18.2 Å². The molecule has 0 radical (unpaired) electrons. The molecule has 0 aromatic heterocycles. The van der Waals surface area contributed by atoms with Crippen molar-refractivity contribution < 1.29 is 5.11 Å². The first-order chi connectivity index (χ1) is 9.70. The molecule has 0 aliphatic rings. The smallest absolute Gasteiger partial charge is 0.139 e. The van der Waals surface area contributed by atoms with Gasteiger partial charge < -0.3 is 10.0 Å². The van der Waals surface area contributed by atoms with Crippen molar-refractivity contribution in [1.29, 1.82) is 0 Å². The number of aliphatic hydroxyl groups excluding tert-OH is 1. The van der Waals surface area contributed by atoms with Crippen LogP contribution in [0.15, 0.2) is 18.2 Å². The zero-order valence-corrected chi connectivity index (χ0v) is 14.3. The minimum absolute atomic E-state index is 0.00403. The zero-order chi connectivity index (χ0) is 16.2. The number of anilines is 1. The van der Waals surface area contributed by atoms with E-state index < -0.39 is 6.10 Å². The Balaban J connectivity index is 3.35. The van der Waals surface area contributed by atoms with E-state index in [1.807, 2.05) is 6.07 Å². The van der Waals surface area contributed by atoms with Crippen molar-refractivity contribution in [2.75, 3.05) is 18.0 Å². The third-order valence-electron chi connectivity index (χ3n) is 3.61. The Bertz CT molecular complexity index is 505. The van der Waals surface area contributed by atoms with Crippen LogP contribution in [0.2, 0.25) is 0 Å². The maximum absolute atomic E-state index is 9.90. The van der Waals surface area contributed by atoms with Crippen molar-refractivity contribution in [1.82, 2.24) is 0 Å². The third kappa shape index (κ3) is 4.51. The highest BCUT2D eigenvalue weighted by molar-refractivity contribution is 5.58. The molecule has 2 nitrogen and oxygen atoms in total. The molecule has 21 heavy (non-hydrogen) atoms. The van der Waals surface area contributed by atoms with E-state index in [0.717, 1.165) is 18.7 Å². The lowest BCUT2D eigenvalue weighted by molar-refractivity contribution is 0.238. The average Bonchev–Trinajstić information content (AvgIpc) is 2.42. The Labute approximate surface area is 130 Å². The molecule has 0 aliphatic heterocycles. The lowest BCUT2D eigenvalue weighted by Crippen LogP contribution is -2.30. The van der Waals surface area contributed by atoms with Gasteiger partial charge in [0.15, 0.2) is 0 Å². The predicted octanol–water partition coefficient (Wildman–Crippen LogP) is 4.13. The summed E-state index contributed by atoms with van der Waals surface area (Å²) in [6.45, 7) is 15.2. The Kier molecular flexibility index (Phi) is 5.87. The van der Waals surface area contributed by atoms with Crippen molar-refractivity contribution >= 4 is 5.69 Å². The molecule has 1 rings (SSSR count). The van der Waals surface area contributed by atoms with Gasteiger partial charge in [-0.2, -0.15) is 0 Å². The largest absolute Gasteiger partial charge is 0.376 e. The van der Waals surface area contributed by atoms with E-state index in [9.17, 15) is 5.11 Å². The van der Waals surface area contributed by atoms with Gasteiger partial charge in [0.2, 0.25) is 0 Å². The molecule has 1 aromatic carbocycles. The minimum Gasteiger partial charge on any atom is -0.376 e. The molecule has 0 amide bonds. The van der Waals surface area contributed by atoms with Crippen molar-refractivity contribution in [2.24, 2.45) is 5.92 Å². The van der Waals surface area contributed by atoms with Crippen LogP contribution in [0.5, 0.6) is 0 Å². The second kappa shape index (κ2) is 7.00.